The number of esters is 1. The zero-order valence-corrected chi connectivity index (χ0v) is 12.0. The molecular weight excluding hydrogens is 296 g/mol. The van der Waals surface area contributed by atoms with Gasteiger partial charge in [0.25, 0.3) is 0 Å². The highest BCUT2D eigenvalue weighted by atomic mass is 32.1. The molecule has 0 atom stereocenters. The van der Waals surface area contributed by atoms with E-state index >= 15 is 0 Å². The van der Waals surface area contributed by atoms with Gasteiger partial charge in [-0.1, -0.05) is 17.4 Å². The van der Waals surface area contributed by atoms with Crippen molar-refractivity contribution in [1.82, 2.24) is 14.6 Å². The van der Waals surface area contributed by atoms with Crippen molar-refractivity contribution in [3.05, 3.63) is 28.9 Å². The highest BCUT2D eigenvalue weighted by molar-refractivity contribution is 7.23. The van der Waals surface area contributed by atoms with E-state index in [1.165, 1.54) is 15.9 Å². The topological polar surface area (TPSA) is 80.3 Å². The molecule has 0 aromatic carbocycles. The fourth-order valence-corrected chi connectivity index (χ4v) is 3.38. The summed E-state index contributed by atoms with van der Waals surface area (Å²) in [4.78, 5) is 17.4. The van der Waals surface area contributed by atoms with Gasteiger partial charge in [0.2, 0.25) is 4.96 Å². The summed E-state index contributed by atoms with van der Waals surface area (Å²) in [5.74, 6) is -0.598. The molecular formula is C12H8N4O2S2. The minimum atomic E-state index is -0.598. The number of rotatable bonds is 3. The van der Waals surface area contributed by atoms with E-state index in [9.17, 15) is 10.1 Å². The summed E-state index contributed by atoms with van der Waals surface area (Å²) in [7, 11) is 0. The third-order valence-electron chi connectivity index (χ3n) is 2.51. The normalized spacial score (nSPS) is 10.6. The molecule has 0 aliphatic rings. The molecule has 3 rings (SSSR count). The second-order valence-corrected chi connectivity index (χ2v) is 5.62. The molecule has 0 saturated heterocycles. The number of nitriles is 1. The zero-order valence-electron chi connectivity index (χ0n) is 10.4. The van der Waals surface area contributed by atoms with Gasteiger partial charge in [-0.25, -0.2) is 9.78 Å². The first-order valence-electron chi connectivity index (χ1n) is 5.75. The van der Waals surface area contributed by atoms with E-state index in [-0.39, 0.29) is 18.0 Å². The number of carbonyl (C=O) groups excluding carboxylic acids is 1. The lowest BCUT2D eigenvalue weighted by Crippen LogP contribution is -2.07. The zero-order chi connectivity index (χ0) is 14.1. The van der Waals surface area contributed by atoms with Gasteiger partial charge in [-0.3, -0.25) is 0 Å². The molecule has 3 heterocycles. The maximum absolute atomic E-state index is 11.7. The van der Waals surface area contributed by atoms with Gasteiger partial charge in [0.15, 0.2) is 16.4 Å². The van der Waals surface area contributed by atoms with E-state index in [2.05, 4.69) is 10.1 Å². The van der Waals surface area contributed by atoms with E-state index in [4.69, 9.17) is 4.74 Å². The lowest BCUT2D eigenvalue weighted by atomic mass is 10.3. The molecule has 0 radical (unpaired) electrons. The SMILES string of the molecule is CCOC(=O)c1nc2sc(-c3cccs3)nn2c1C#N. The van der Waals surface area contributed by atoms with Gasteiger partial charge in [0, 0.05) is 0 Å². The van der Waals surface area contributed by atoms with E-state index < -0.39 is 5.97 Å². The van der Waals surface area contributed by atoms with Gasteiger partial charge in [0.1, 0.15) is 6.07 Å². The molecule has 0 N–H and O–H groups in total. The summed E-state index contributed by atoms with van der Waals surface area (Å²) in [6, 6.07) is 5.84. The minimum Gasteiger partial charge on any atom is -0.461 e. The number of ether oxygens (including phenoxy) is 1. The van der Waals surface area contributed by atoms with E-state index in [1.54, 1.807) is 18.3 Å². The molecule has 100 valence electrons. The Morgan fingerprint density at radius 3 is 3.10 bits per heavy atom. The number of imidazole rings is 1. The molecule has 8 heteroatoms. The molecule has 3 aromatic rings. The van der Waals surface area contributed by atoms with Gasteiger partial charge in [0.05, 0.1) is 11.5 Å². The highest BCUT2D eigenvalue weighted by Gasteiger charge is 2.23. The number of fused-ring (bicyclic) bond motifs is 1. The first kappa shape index (κ1) is 12.8. The molecule has 0 bridgehead atoms. The Labute approximate surface area is 121 Å². The maximum Gasteiger partial charge on any atom is 0.360 e. The first-order valence-corrected chi connectivity index (χ1v) is 7.45. The van der Waals surface area contributed by atoms with Crippen LogP contribution in [0, 0.1) is 11.3 Å². The largest absolute Gasteiger partial charge is 0.461 e. The molecule has 0 spiro atoms. The smallest absolute Gasteiger partial charge is 0.360 e. The van der Waals surface area contributed by atoms with Crippen LogP contribution in [-0.4, -0.2) is 27.2 Å². The summed E-state index contributed by atoms with van der Waals surface area (Å²) in [5.41, 5.74) is 0.128. The second kappa shape index (κ2) is 5.03. The standard InChI is InChI=1S/C12H8N4O2S2/c1-2-18-11(17)9-7(6-13)16-12(14-9)20-10(15-16)8-4-3-5-19-8/h3-5H,2H2,1H3. The van der Waals surface area contributed by atoms with Gasteiger partial charge in [-0.15, -0.1) is 11.3 Å². The summed E-state index contributed by atoms with van der Waals surface area (Å²) in [6.07, 6.45) is 0. The quantitative estimate of drug-likeness (QED) is 0.695. The summed E-state index contributed by atoms with van der Waals surface area (Å²) >= 11 is 2.89. The Bertz CT molecular complexity index is 811. The minimum absolute atomic E-state index is 0.0193. The number of carbonyl (C=O) groups is 1. The Kier molecular flexibility index (Phi) is 3.22. The van der Waals surface area contributed by atoms with Crippen molar-refractivity contribution in [2.45, 2.75) is 6.92 Å². The van der Waals surface area contributed by atoms with Gasteiger partial charge in [-0.2, -0.15) is 14.9 Å². The first-order chi connectivity index (χ1) is 9.74. The Hall–Kier alpha value is -2.24. The lowest BCUT2D eigenvalue weighted by Gasteiger charge is -1.97. The highest BCUT2D eigenvalue weighted by Crippen LogP contribution is 2.30. The molecule has 3 aromatic heterocycles. The lowest BCUT2D eigenvalue weighted by molar-refractivity contribution is 0.0520. The van der Waals surface area contributed by atoms with Crippen molar-refractivity contribution in [3.63, 3.8) is 0 Å². The number of thiophene rings is 1. The third-order valence-corrected chi connectivity index (χ3v) is 4.46. The van der Waals surface area contributed by atoms with Crippen LogP contribution in [0.4, 0.5) is 0 Å². The number of hydrogen-bond acceptors (Lipinski definition) is 7. The molecule has 0 fully saturated rings. The monoisotopic (exact) mass is 304 g/mol. The van der Waals surface area contributed by atoms with Crippen LogP contribution in [0.1, 0.15) is 23.1 Å². The van der Waals surface area contributed by atoms with Gasteiger partial charge < -0.3 is 4.74 Å². The molecule has 0 saturated carbocycles. The van der Waals surface area contributed by atoms with Crippen molar-refractivity contribution in [2.24, 2.45) is 0 Å². The molecule has 0 aliphatic heterocycles. The van der Waals surface area contributed by atoms with E-state index in [0.29, 0.717) is 4.96 Å². The molecule has 0 unspecified atom stereocenters. The van der Waals surface area contributed by atoms with Crippen molar-refractivity contribution < 1.29 is 9.53 Å². The van der Waals surface area contributed by atoms with Crippen LogP contribution in [-0.2, 0) is 4.74 Å². The average Bonchev–Trinajstić information content (AvgIpc) is 3.13. The predicted octanol–water partition coefficient (Wildman–Crippen LogP) is 2.57. The fourth-order valence-electron chi connectivity index (χ4n) is 1.69. The van der Waals surface area contributed by atoms with Crippen LogP contribution in [0.5, 0.6) is 0 Å². The number of aromatic nitrogens is 3. The van der Waals surface area contributed by atoms with Crippen LogP contribution < -0.4 is 0 Å². The van der Waals surface area contributed by atoms with Gasteiger partial charge >= 0.3 is 5.97 Å². The summed E-state index contributed by atoms with van der Waals surface area (Å²) in [6.45, 7) is 1.94. The van der Waals surface area contributed by atoms with Crippen LogP contribution in [0.2, 0.25) is 0 Å². The molecule has 0 aliphatic carbocycles. The second-order valence-electron chi connectivity index (χ2n) is 3.72. The van der Waals surface area contributed by atoms with E-state index in [1.807, 2.05) is 23.6 Å². The number of nitrogens with zero attached hydrogens (tertiary/aromatic N) is 4. The number of hydrogen-bond donors (Lipinski definition) is 0. The predicted molar refractivity (Wildman–Crippen MR) is 74.8 cm³/mol. The Balaban J connectivity index is 2.12. The van der Waals surface area contributed by atoms with Crippen LogP contribution in [0.3, 0.4) is 0 Å². The third kappa shape index (κ3) is 1.97. The van der Waals surface area contributed by atoms with Crippen molar-refractivity contribution >= 4 is 33.6 Å². The van der Waals surface area contributed by atoms with Crippen molar-refractivity contribution in [3.8, 4) is 16.0 Å². The Morgan fingerprint density at radius 1 is 1.60 bits per heavy atom. The maximum atomic E-state index is 11.7. The molecule has 20 heavy (non-hydrogen) atoms. The average molecular weight is 304 g/mol. The fraction of sp³-hybridized carbons (Fsp3) is 0.167. The van der Waals surface area contributed by atoms with E-state index in [0.717, 1.165) is 9.88 Å². The van der Waals surface area contributed by atoms with Crippen LogP contribution in [0.25, 0.3) is 14.8 Å². The van der Waals surface area contributed by atoms with Crippen LogP contribution in [0.15, 0.2) is 17.5 Å². The molecule has 6 nitrogen and oxygen atoms in total. The summed E-state index contributed by atoms with van der Waals surface area (Å²) in [5, 5.41) is 16.3. The van der Waals surface area contributed by atoms with Gasteiger partial charge in [-0.05, 0) is 18.4 Å². The van der Waals surface area contributed by atoms with Crippen LogP contribution >= 0.6 is 22.7 Å². The van der Waals surface area contributed by atoms with Crippen molar-refractivity contribution in [2.75, 3.05) is 6.61 Å². The summed E-state index contributed by atoms with van der Waals surface area (Å²) < 4.78 is 6.28. The Morgan fingerprint density at radius 2 is 2.45 bits per heavy atom. The molecule has 0 amide bonds. The van der Waals surface area contributed by atoms with Crippen molar-refractivity contribution in [1.29, 1.82) is 5.26 Å².